The quantitative estimate of drug-likeness (QED) is 0.884. The van der Waals surface area contributed by atoms with Crippen LogP contribution in [0.5, 0.6) is 0 Å². The number of rotatable bonds is 5. The summed E-state index contributed by atoms with van der Waals surface area (Å²) in [5.41, 5.74) is 1.91. The molecule has 0 fully saturated rings. The summed E-state index contributed by atoms with van der Waals surface area (Å²) in [6.45, 7) is 2.55. The van der Waals surface area contributed by atoms with Gasteiger partial charge in [0.05, 0.1) is 19.4 Å². The van der Waals surface area contributed by atoms with Gasteiger partial charge in [0.15, 0.2) is 0 Å². The number of anilines is 1. The van der Waals surface area contributed by atoms with Crippen LogP contribution in [0.25, 0.3) is 0 Å². The van der Waals surface area contributed by atoms with Crippen molar-refractivity contribution in [3.8, 4) is 0 Å². The summed E-state index contributed by atoms with van der Waals surface area (Å²) < 4.78 is 5.13. The van der Waals surface area contributed by atoms with Crippen LogP contribution in [-0.2, 0) is 11.3 Å². The van der Waals surface area contributed by atoms with E-state index in [9.17, 15) is 4.79 Å². The Morgan fingerprint density at radius 2 is 2.21 bits per heavy atom. The van der Waals surface area contributed by atoms with Crippen LogP contribution in [0.1, 0.15) is 11.3 Å². The van der Waals surface area contributed by atoms with E-state index in [1.54, 1.807) is 18.4 Å². The number of carbonyl (C=O) groups excluding carboxylic acids is 1. The molecule has 0 aliphatic heterocycles. The molecule has 0 saturated heterocycles. The van der Waals surface area contributed by atoms with Gasteiger partial charge >= 0.3 is 0 Å². The SMILES string of the molecule is Cc1cc(Cl)ccc1NCC(=O)NCc1ccco1. The summed E-state index contributed by atoms with van der Waals surface area (Å²) in [6.07, 6.45) is 1.58. The van der Waals surface area contributed by atoms with E-state index in [1.165, 1.54) is 0 Å². The van der Waals surface area contributed by atoms with Gasteiger partial charge in [-0.25, -0.2) is 0 Å². The lowest BCUT2D eigenvalue weighted by atomic mass is 10.2. The van der Waals surface area contributed by atoms with Crippen LogP contribution in [-0.4, -0.2) is 12.5 Å². The zero-order valence-corrected chi connectivity index (χ0v) is 11.3. The van der Waals surface area contributed by atoms with Gasteiger partial charge in [-0.3, -0.25) is 4.79 Å². The van der Waals surface area contributed by atoms with E-state index in [0.717, 1.165) is 17.0 Å². The summed E-state index contributed by atoms with van der Waals surface area (Å²) in [7, 11) is 0. The van der Waals surface area contributed by atoms with Crippen molar-refractivity contribution in [2.45, 2.75) is 13.5 Å². The molecule has 2 rings (SSSR count). The standard InChI is InChI=1S/C14H15ClN2O2/c1-10-7-11(15)4-5-13(10)16-9-14(18)17-8-12-3-2-6-19-12/h2-7,16H,8-9H2,1H3,(H,17,18). The van der Waals surface area contributed by atoms with Gasteiger partial charge in [-0.15, -0.1) is 0 Å². The highest BCUT2D eigenvalue weighted by atomic mass is 35.5. The fourth-order valence-corrected chi connectivity index (χ4v) is 1.89. The van der Waals surface area contributed by atoms with Crippen molar-refractivity contribution in [2.24, 2.45) is 0 Å². The Bertz CT molecular complexity index is 553. The van der Waals surface area contributed by atoms with E-state index >= 15 is 0 Å². The van der Waals surface area contributed by atoms with Crippen LogP contribution in [0.15, 0.2) is 41.0 Å². The summed E-state index contributed by atoms with van der Waals surface area (Å²) in [6, 6.07) is 9.10. The molecule has 0 unspecified atom stereocenters. The first-order valence-corrected chi connectivity index (χ1v) is 6.32. The van der Waals surface area contributed by atoms with Crippen molar-refractivity contribution < 1.29 is 9.21 Å². The predicted octanol–water partition coefficient (Wildman–Crippen LogP) is 2.97. The Labute approximate surface area is 116 Å². The smallest absolute Gasteiger partial charge is 0.239 e. The van der Waals surface area contributed by atoms with Crippen molar-refractivity contribution in [3.63, 3.8) is 0 Å². The van der Waals surface area contributed by atoms with Crippen LogP contribution in [0.4, 0.5) is 5.69 Å². The second kappa shape index (κ2) is 6.29. The molecule has 0 aliphatic carbocycles. The van der Waals surface area contributed by atoms with Crippen LogP contribution in [0.2, 0.25) is 5.02 Å². The fourth-order valence-electron chi connectivity index (χ4n) is 1.66. The number of furan rings is 1. The molecular weight excluding hydrogens is 264 g/mol. The van der Waals surface area contributed by atoms with E-state index in [4.69, 9.17) is 16.0 Å². The molecular formula is C14H15ClN2O2. The van der Waals surface area contributed by atoms with E-state index < -0.39 is 0 Å². The third kappa shape index (κ3) is 4.03. The molecule has 0 saturated carbocycles. The van der Waals surface area contributed by atoms with Crippen LogP contribution in [0.3, 0.4) is 0 Å². The first-order chi connectivity index (χ1) is 9.15. The van der Waals surface area contributed by atoms with Crippen LogP contribution < -0.4 is 10.6 Å². The maximum atomic E-state index is 11.6. The second-order valence-electron chi connectivity index (χ2n) is 4.17. The minimum Gasteiger partial charge on any atom is -0.467 e. The minimum absolute atomic E-state index is 0.0919. The lowest BCUT2D eigenvalue weighted by molar-refractivity contribution is -0.119. The van der Waals surface area contributed by atoms with Gasteiger partial charge in [0.2, 0.25) is 5.91 Å². The fraction of sp³-hybridized carbons (Fsp3) is 0.214. The number of aryl methyl sites for hydroxylation is 1. The van der Waals surface area contributed by atoms with Crippen LogP contribution in [0, 0.1) is 6.92 Å². The molecule has 1 aromatic heterocycles. The Morgan fingerprint density at radius 1 is 1.37 bits per heavy atom. The first-order valence-electron chi connectivity index (χ1n) is 5.94. The number of amides is 1. The zero-order valence-electron chi connectivity index (χ0n) is 10.6. The van der Waals surface area contributed by atoms with Crippen molar-refractivity contribution >= 4 is 23.2 Å². The molecule has 1 heterocycles. The summed E-state index contributed by atoms with van der Waals surface area (Å²) >= 11 is 5.87. The van der Waals surface area contributed by atoms with E-state index in [-0.39, 0.29) is 12.5 Å². The van der Waals surface area contributed by atoms with Gasteiger partial charge in [-0.05, 0) is 42.8 Å². The lowest BCUT2D eigenvalue weighted by Gasteiger charge is -2.09. The van der Waals surface area contributed by atoms with Crippen LogP contribution >= 0.6 is 11.6 Å². The lowest BCUT2D eigenvalue weighted by Crippen LogP contribution is -2.29. The highest BCUT2D eigenvalue weighted by Crippen LogP contribution is 2.19. The van der Waals surface area contributed by atoms with Gasteiger partial charge in [0, 0.05) is 10.7 Å². The molecule has 2 aromatic rings. The number of carbonyl (C=O) groups is 1. The Balaban J connectivity index is 1.80. The Hall–Kier alpha value is -1.94. The molecule has 4 nitrogen and oxygen atoms in total. The number of nitrogens with one attached hydrogen (secondary N) is 2. The molecule has 1 aromatic carbocycles. The number of hydrogen-bond donors (Lipinski definition) is 2. The van der Waals surface area contributed by atoms with E-state index in [0.29, 0.717) is 11.6 Å². The van der Waals surface area contributed by atoms with Gasteiger partial charge in [0.25, 0.3) is 0 Å². The normalized spacial score (nSPS) is 10.2. The topological polar surface area (TPSA) is 54.3 Å². The van der Waals surface area contributed by atoms with Crippen molar-refractivity contribution in [1.29, 1.82) is 0 Å². The predicted molar refractivity (Wildman–Crippen MR) is 75.2 cm³/mol. The number of benzene rings is 1. The van der Waals surface area contributed by atoms with Gasteiger partial charge < -0.3 is 15.1 Å². The molecule has 0 spiro atoms. The Morgan fingerprint density at radius 3 is 2.89 bits per heavy atom. The average Bonchev–Trinajstić information content (AvgIpc) is 2.88. The molecule has 0 bridgehead atoms. The van der Waals surface area contributed by atoms with Crippen molar-refractivity contribution in [2.75, 3.05) is 11.9 Å². The van der Waals surface area contributed by atoms with Gasteiger partial charge in [-0.2, -0.15) is 0 Å². The molecule has 5 heteroatoms. The third-order valence-electron chi connectivity index (χ3n) is 2.67. The summed E-state index contributed by atoms with van der Waals surface area (Å²) in [5, 5.41) is 6.52. The zero-order chi connectivity index (χ0) is 13.7. The van der Waals surface area contributed by atoms with Gasteiger partial charge in [0.1, 0.15) is 5.76 Å². The largest absolute Gasteiger partial charge is 0.467 e. The maximum absolute atomic E-state index is 11.6. The molecule has 19 heavy (non-hydrogen) atoms. The molecule has 0 radical (unpaired) electrons. The maximum Gasteiger partial charge on any atom is 0.239 e. The summed E-state index contributed by atoms with van der Waals surface area (Å²) in [5.74, 6) is 0.641. The number of halogens is 1. The second-order valence-corrected chi connectivity index (χ2v) is 4.61. The summed E-state index contributed by atoms with van der Waals surface area (Å²) in [4.78, 5) is 11.6. The van der Waals surface area contributed by atoms with E-state index in [2.05, 4.69) is 10.6 Å². The monoisotopic (exact) mass is 278 g/mol. The molecule has 0 aliphatic rings. The van der Waals surface area contributed by atoms with Gasteiger partial charge in [-0.1, -0.05) is 11.6 Å². The molecule has 2 N–H and O–H groups in total. The first kappa shape index (κ1) is 13.5. The van der Waals surface area contributed by atoms with Crippen molar-refractivity contribution in [3.05, 3.63) is 52.9 Å². The minimum atomic E-state index is -0.0919. The highest BCUT2D eigenvalue weighted by molar-refractivity contribution is 6.30. The molecule has 0 atom stereocenters. The van der Waals surface area contributed by atoms with E-state index in [1.807, 2.05) is 25.1 Å². The highest BCUT2D eigenvalue weighted by Gasteiger charge is 2.04. The third-order valence-corrected chi connectivity index (χ3v) is 2.90. The molecule has 1 amide bonds. The number of hydrogen-bond acceptors (Lipinski definition) is 3. The average molecular weight is 279 g/mol. The molecule has 100 valence electrons. The Kier molecular flexibility index (Phi) is 4.47. The van der Waals surface area contributed by atoms with Crippen molar-refractivity contribution in [1.82, 2.24) is 5.32 Å².